The molecule has 0 aliphatic heterocycles. The Morgan fingerprint density at radius 1 is 1.46 bits per heavy atom. The number of fused-ring (bicyclic) bond motifs is 1. The van der Waals surface area contributed by atoms with E-state index in [2.05, 4.69) is 15.9 Å². The lowest BCUT2D eigenvalue weighted by Crippen LogP contribution is -1.79. The van der Waals surface area contributed by atoms with Crippen molar-refractivity contribution in [3.63, 3.8) is 0 Å². The Labute approximate surface area is 82.1 Å². The number of carbonyl (C=O) groups excluding carboxylic acids is 1. The van der Waals surface area contributed by atoms with Gasteiger partial charge < -0.3 is 9.52 Å². The monoisotopic (exact) mass is 240 g/mol. The van der Waals surface area contributed by atoms with Crippen LogP contribution in [0.25, 0.3) is 11.0 Å². The van der Waals surface area contributed by atoms with Gasteiger partial charge in [0.25, 0.3) is 0 Å². The highest BCUT2D eigenvalue weighted by molar-refractivity contribution is 9.10. The molecule has 0 fully saturated rings. The first-order valence-electron chi connectivity index (χ1n) is 3.58. The van der Waals surface area contributed by atoms with E-state index in [0.717, 1.165) is 0 Å². The van der Waals surface area contributed by atoms with Crippen molar-refractivity contribution in [3.05, 3.63) is 28.4 Å². The van der Waals surface area contributed by atoms with Crippen LogP contribution in [0.4, 0.5) is 0 Å². The van der Waals surface area contributed by atoms with E-state index >= 15 is 0 Å². The van der Waals surface area contributed by atoms with Gasteiger partial charge in [-0.25, -0.2) is 0 Å². The minimum atomic E-state index is -0.0399. The molecule has 1 aromatic heterocycles. The summed E-state index contributed by atoms with van der Waals surface area (Å²) in [5.41, 5.74) is 0.816. The maximum Gasteiger partial charge on any atom is 0.170 e. The summed E-state index contributed by atoms with van der Waals surface area (Å²) in [6, 6.07) is 4.78. The number of aromatic hydroxyl groups is 1. The summed E-state index contributed by atoms with van der Waals surface area (Å²) >= 11 is 3.14. The summed E-state index contributed by atoms with van der Waals surface area (Å²) in [7, 11) is 0. The highest BCUT2D eigenvalue weighted by Gasteiger charge is 2.09. The molecule has 0 amide bonds. The lowest BCUT2D eigenvalue weighted by molar-refractivity contribution is 0.112. The molecule has 1 N–H and O–H groups in total. The molecule has 2 aromatic rings. The van der Waals surface area contributed by atoms with E-state index < -0.39 is 0 Å². The topological polar surface area (TPSA) is 50.4 Å². The van der Waals surface area contributed by atoms with E-state index in [-0.39, 0.29) is 11.3 Å². The van der Waals surface area contributed by atoms with Crippen LogP contribution < -0.4 is 0 Å². The minimum absolute atomic E-state index is 0.0399. The number of furan rings is 1. The number of hydrogen-bond acceptors (Lipinski definition) is 3. The summed E-state index contributed by atoms with van der Waals surface area (Å²) in [6.45, 7) is 0. The van der Waals surface area contributed by atoms with Crippen molar-refractivity contribution in [2.45, 2.75) is 0 Å². The molecule has 0 saturated heterocycles. The molecule has 0 saturated carbocycles. The Morgan fingerprint density at radius 2 is 2.23 bits per heavy atom. The SMILES string of the molecule is O=Cc1ccc2oc(Br)cc2c1O. The molecule has 0 bridgehead atoms. The molecule has 0 aliphatic carbocycles. The molecule has 2 rings (SSSR count). The van der Waals surface area contributed by atoms with Gasteiger partial charge in [0.05, 0.1) is 10.9 Å². The molecular formula is C9H5BrO3. The molecule has 3 nitrogen and oxygen atoms in total. The highest BCUT2D eigenvalue weighted by Crippen LogP contribution is 2.32. The van der Waals surface area contributed by atoms with Gasteiger partial charge in [-0.1, -0.05) is 0 Å². The van der Waals surface area contributed by atoms with Gasteiger partial charge in [-0.3, -0.25) is 4.79 Å². The molecule has 66 valence electrons. The van der Waals surface area contributed by atoms with Gasteiger partial charge in [0.2, 0.25) is 0 Å². The second-order valence-electron chi connectivity index (χ2n) is 2.58. The number of aldehydes is 1. The van der Waals surface area contributed by atoms with E-state index in [9.17, 15) is 9.90 Å². The third kappa shape index (κ3) is 1.23. The summed E-state index contributed by atoms with van der Waals surface area (Å²) in [5.74, 6) is -0.0399. The van der Waals surface area contributed by atoms with E-state index in [1.807, 2.05) is 0 Å². The molecule has 4 heteroatoms. The quantitative estimate of drug-likeness (QED) is 0.781. The summed E-state index contributed by atoms with van der Waals surface area (Å²) in [4.78, 5) is 10.5. The average Bonchev–Trinajstić information content (AvgIpc) is 2.47. The van der Waals surface area contributed by atoms with Gasteiger partial charge in [0.1, 0.15) is 11.3 Å². The Balaban J connectivity index is 2.85. The number of carbonyl (C=O) groups is 1. The zero-order chi connectivity index (χ0) is 9.42. The van der Waals surface area contributed by atoms with E-state index in [1.54, 1.807) is 12.1 Å². The van der Waals surface area contributed by atoms with Gasteiger partial charge in [0.15, 0.2) is 11.0 Å². The Morgan fingerprint density at radius 3 is 2.92 bits per heavy atom. The van der Waals surface area contributed by atoms with Crippen molar-refractivity contribution in [3.8, 4) is 5.75 Å². The second kappa shape index (κ2) is 2.88. The molecule has 0 radical (unpaired) electrons. The Bertz CT molecular complexity index is 473. The number of phenols is 1. The van der Waals surface area contributed by atoms with Crippen LogP contribution in [0.15, 0.2) is 27.3 Å². The molecule has 1 heterocycles. The standard InChI is InChI=1S/C9H5BrO3/c10-8-3-6-7(13-8)2-1-5(4-11)9(6)12/h1-4,12H. The van der Waals surface area contributed by atoms with Crippen LogP contribution in [0, 0.1) is 0 Å². The molecule has 0 atom stereocenters. The Hall–Kier alpha value is -1.29. The predicted molar refractivity (Wildman–Crippen MR) is 51.0 cm³/mol. The van der Waals surface area contributed by atoms with Crippen molar-refractivity contribution in [1.29, 1.82) is 0 Å². The van der Waals surface area contributed by atoms with Crippen molar-refractivity contribution < 1.29 is 14.3 Å². The number of benzene rings is 1. The van der Waals surface area contributed by atoms with Gasteiger partial charge >= 0.3 is 0 Å². The molecule has 0 aliphatic rings. The second-order valence-corrected chi connectivity index (χ2v) is 3.37. The van der Waals surface area contributed by atoms with Gasteiger partial charge in [0, 0.05) is 6.07 Å². The number of rotatable bonds is 1. The normalized spacial score (nSPS) is 10.5. The molecular weight excluding hydrogens is 236 g/mol. The highest BCUT2D eigenvalue weighted by atomic mass is 79.9. The average molecular weight is 241 g/mol. The zero-order valence-corrected chi connectivity index (χ0v) is 8.04. The summed E-state index contributed by atoms with van der Waals surface area (Å²) in [6.07, 6.45) is 0.607. The fraction of sp³-hybridized carbons (Fsp3) is 0. The van der Waals surface area contributed by atoms with E-state index in [4.69, 9.17) is 4.42 Å². The lowest BCUT2D eigenvalue weighted by Gasteiger charge is -1.95. The lowest BCUT2D eigenvalue weighted by atomic mass is 10.1. The van der Waals surface area contributed by atoms with Crippen LogP contribution in [0.1, 0.15) is 10.4 Å². The van der Waals surface area contributed by atoms with Crippen molar-refractivity contribution >= 4 is 33.2 Å². The minimum Gasteiger partial charge on any atom is -0.506 e. The van der Waals surface area contributed by atoms with Crippen LogP contribution in [-0.4, -0.2) is 11.4 Å². The molecule has 1 aromatic carbocycles. The van der Waals surface area contributed by atoms with Crippen LogP contribution in [0.5, 0.6) is 5.75 Å². The first kappa shape index (κ1) is 8.31. The van der Waals surface area contributed by atoms with Crippen molar-refractivity contribution in [2.24, 2.45) is 0 Å². The molecule has 0 spiro atoms. The summed E-state index contributed by atoms with van der Waals surface area (Å²) in [5, 5.41) is 10.1. The fourth-order valence-corrected chi connectivity index (χ4v) is 1.58. The fourth-order valence-electron chi connectivity index (χ4n) is 1.18. The third-order valence-electron chi connectivity index (χ3n) is 1.80. The first-order chi connectivity index (χ1) is 6.22. The molecule has 0 unspecified atom stereocenters. The predicted octanol–water partition coefficient (Wildman–Crippen LogP) is 2.71. The van der Waals surface area contributed by atoms with E-state index in [1.165, 1.54) is 6.07 Å². The van der Waals surface area contributed by atoms with Gasteiger partial charge in [-0.05, 0) is 28.1 Å². The van der Waals surface area contributed by atoms with Crippen LogP contribution in [-0.2, 0) is 0 Å². The maximum absolute atomic E-state index is 10.5. The Kier molecular flexibility index (Phi) is 1.84. The summed E-state index contributed by atoms with van der Waals surface area (Å²) < 4.78 is 5.72. The van der Waals surface area contributed by atoms with E-state index in [0.29, 0.717) is 21.9 Å². The van der Waals surface area contributed by atoms with Crippen LogP contribution in [0.2, 0.25) is 0 Å². The van der Waals surface area contributed by atoms with Gasteiger partial charge in [-0.15, -0.1) is 0 Å². The van der Waals surface area contributed by atoms with Crippen LogP contribution in [0.3, 0.4) is 0 Å². The number of hydrogen-bond donors (Lipinski definition) is 1. The number of halogens is 1. The maximum atomic E-state index is 10.5. The number of phenolic OH excluding ortho intramolecular Hbond substituents is 1. The van der Waals surface area contributed by atoms with Crippen LogP contribution >= 0.6 is 15.9 Å². The van der Waals surface area contributed by atoms with Crippen molar-refractivity contribution in [2.75, 3.05) is 0 Å². The third-order valence-corrected chi connectivity index (χ3v) is 2.19. The zero-order valence-electron chi connectivity index (χ0n) is 6.45. The van der Waals surface area contributed by atoms with Crippen molar-refractivity contribution in [1.82, 2.24) is 0 Å². The molecule has 13 heavy (non-hydrogen) atoms. The van der Waals surface area contributed by atoms with Gasteiger partial charge in [-0.2, -0.15) is 0 Å². The largest absolute Gasteiger partial charge is 0.506 e. The smallest absolute Gasteiger partial charge is 0.170 e. The first-order valence-corrected chi connectivity index (χ1v) is 4.38.